The zero-order valence-corrected chi connectivity index (χ0v) is 9.35. The van der Waals surface area contributed by atoms with E-state index < -0.39 is 0 Å². The third-order valence-corrected chi connectivity index (χ3v) is 2.74. The van der Waals surface area contributed by atoms with Crippen molar-refractivity contribution in [3.05, 3.63) is 35.9 Å². The van der Waals surface area contributed by atoms with Crippen LogP contribution in [0.3, 0.4) is 0 Å². The van der Waals surface area contributed by atoms with Gasteiger partial charge in [-0.05, 0) is 5.56 Å². The number of hydrogen-bond acceptors (Lipinski definition) is 2. The Labute approximate surface area is 91.2 Å². The van der Waals surface area contributed by atoms with Gasteiger partial charge in [-0.2, -0.15) is 0 Å². The number of hydrogen-bond donors (Lipinski definition) is 0. The summed E-state index contributed by atoms with van der Waals surface area (Å²) in [5, 5.41) is 0. The van der Waals surface area contributed by atoms with Crippen LogP contribution in [-0.4, -0.2) is 19.5 Å². The van der Waals surface area contributed by atoms with Crippen LogP contribution in [0.1, 0.15) is 25.3 Å². The normalized spacial score (nSPS) is 26.9. The van der Waals surface area contributed by atoms with E-state index in [9.17, 15) is 0 Å². The molecule has 0 aliphatic carbocycles. The Bertz CT molecular complexity index is 287. The molecule has 1 aliphatic rings. The molecule has 1 saturated heterocycles. The summed E-state index contributed by atoms with van der Waals surface area (Å²) in [4.78, 5) is 0. The molecule has 2 nitrogen and oxygen atoms in total. The highest BCUT2D eigenvalue weighted by molar-refractivity contribution is 5.19. The van der Waals surface area contributed by atoms with Crippen LogP contribution in [0.25, 0.3) is 0 Å². The molecule has 1 fully saturated rings. The molecule has 15 heavy (non-hydrogen) atoms. The van der Waals surface area contributed by atoms with Crippen molar-refractivity contribution >= 4 is 0 Å². The fourth-order valence-electron chi connectivity index (χ4n) is 1.82. The van der Waals surface area contributed by atoms with Gasteiger partial charge in [0.1, 0.15) is 0 Å². The predicted octanol–water partition coefficient (Wildman–Crippen LogP) is 2.80. The van der Waals surface area contributed by atoms with Gasteiger partial charge in [0.05, 0.1) is 13.2 Å². The Morgan fingerprint density at radius 2 is 1.67 bits per heavy atom. The fraction of sp³-hybridized carbons (Fsp3) is 0.538. The van der Waals surface area contributed by atoms with Gasteiger partial charge in [-0.15, -0.1) is 0 Å². The Kier molecular flexibility index (Phi) is 3.39. The van der Waals surface area contributed by atoms with Gasteiger partial charge in [0.25, 0.3) is 0 Å². The number of ether oxygens (including phenoxy) is 2. The zero-order chi connectivity index (χ0) is 10.7. The lowest BCUT2D eigenvalue weighted by Crippen LogP contribution is -2.34. The average molecular weight is 206 g/mol. The first-order chi connectivity index (χ1) is 7.27. The third-order valence-electron chi connectivity index (χ3n) is 2.74. The van der Waals surface area contributed by atoms with Gasteiger partial charge >= 0.3 is 0 Å². The van der Waals surface area contributed by atoms with Crippen molar-refractivity contribution in [2.45, 2.75) is 26.1 Å². The van der Waals surface area contributed by atoms with Crippen LogP contribution < -0.4 is 0 Å². The van der Waals surface area contributed by atoms with Gasteiger partial charge in [-0.1, -0.05) is 44.2 Å². The van der Waals surface area contributed by atoms with Crippen molar-refractivity contribution in [2.24, 2.45) is 5.92 Å². The first kappa shape index (κ1) is 10.7. The van der Waals surface area contributed by atoms with E-state index in [-0.39, 0.29) is 6.29 Å². The van der Waals surface area contributed by atoms with Crippen molar-refractivity contribution in [3.8, 4) is 0 Å². The molecule has 1 aromatic rings. The van der Waals surface area contributed by atoms with Crippen LogP contribution >= 0.6 is 0 Å². The minimum Gasteiger partial charge on any atom is -0.352 e. The summed E-state index contributed by atoms with van der Waals surface area (Å²) in [6, 6.07) is 10.4. The summed E-state index contributed by atoms with van der Waals surface area (Å²) in [5.41, 5.74) is 1.31. The number of benzene rings is 1. The second-order valence-electron chi connectivity index (χ2n) is 4.39. The maximum Gasteiger partial charge on any atom is 0.159 e. The highest BCUT2D eigenvalue weighted by Crippen LogP contribution is 2.24. The summed E-state index contributed by atoms with van der Waals surface area (Å²) >= 11 is 0. The minimum atomic E-state index is -0.0232. The Balaban J connectivity index is 1.94. The first-order valence-electron chi connectivity index (χ1n) is 5.55. The Morgan fingerprint density at radius 1 is 1.07 bits per heavy atom. The van der Waals surface area contributed by atoms with Crippen LogP contribution in [-0.2, 0) is 9.47 Å². The monoisotopic (exact) mass is 206 g/mol. The molecular formula is C13H18O2. The quantitative estimate of drug-likeness (QED) is 0.740. The second-order valence-corrected chi connectivity index (χ2v) is 4.39. The largest absolute Gasteiger partial charge is 0.352 e. The molecular weight excluding hydrogens is 188 g/mol. The van der Waals surface area contributed by atoms with E-state index in [0.717, 1.165) is 13.2 Å². The topological polar surface area (TPSA) is 18.5 Å². The Morgan fingerprint density at radius 3 is 2.20 bits per heavy atom. The fourth-order valence-corrected chi connectivity index (χ4v) is 1.82. The van der Waals surface area contributed by atoms with Crippen LogP contribution in [0, 0.1) is 5.92 Å². The van der Waals surface area contributed by atoms with Crippen LogP contribution in [0.2, 0.25) is 0 Å². The van der Waals surface area contributed by atoms with Crippen molar-refractivity contribution in [3.63, 3.8) is 0 Å². The molecule has 2 rings (SSSR count). The summed E-state index contributed by atoms with van der Waals surface area (Å²) in [6.45, 7) is 5.78. The van der Waals surface area contributed by atoms with Gasteiger partial charge in [0, 0.05) is 11.8 Å². The molecule has 0 bridgehead atoms. The lowest BCUT2D eigenvalue weighted by molar-refractivity contribution is -0.206. The highest BCUT2D eigenvalue weighted by atomic mass is 16.7. The maximum atomic E-state index is 5.68. The van der Waals surface area contributed by atoms with E-state index >= 15 is 0 Å². The minimum absolute atomic E-state index is 0.0232. The molecule has 0 saturated carbocycles. The standard InChI is InChI=1S/C13H18O2/c1-10(2)13-14-8-12(9-15-13)11-6-4-3-5-7-11/h3-7,10,12-13H,8-9H2,1-2H3. The highest BCUT2D eigenvalue weighted by Gasteiger charge is 2.25. The molecule has 82 valence electrons. The predicted molar refractivity (Wildman–Crippen MR) is 59.7 cm³/mol. The molecule has 0 spiro atoms. The van der Waals surface area contributed by atoms with Crippen molar-refractivity contribution in [2.75, 3.05) is 13.2 Å². The van der Waals surface area contributed by atoms with E-state index in [1.165, 1.54) is 5.56 Å². The third kappa shape index (κ3) is 2.58. The molecule has 0 aromatic heterocycles. The van der Waals surface area contributed by atoms with Gasteiger partial charge in [0.2, 0.25) is 0 Å². The molecule has 1 heterocycles. The summed E-state index contributed by atoms with van der Waals surface area (Å²) < 4.78 is 11.4. The van der Waals surface area contributed by atoms with Gasteiger partial charge in [-0.25, -0.2) is 0 Å². The van der Waals surface area contributed by atoms with Crippen molar-refractivity contribution < 1.29 is 9.47 Å². The summed E-state index contributed by atoms with van der Waals surface area (Å²) in [6.07, 6.45) is -0.0232. The second kappa shape index (κ2) is 4.77. The molecule has 2 heteroatoms. The summed E-state index contributed by atoms with van der Waals surface area (Å²) in [7, 11) is 0. The van der Waals surface area contributed by atoms with Crippen molar-refractivity contribution in [1.29, 1.82) is 0 Å². The molecule has 0 radical (unpaired) electrons. The molecule has 0 atom stereocenters. The SMILES string of the molecule is CC(C)C1OCC(c2ccccc2)CO1. The van der Waals surface area contributed by atoms with E-state index in [1.54, 1.807) is 0 Å². The van der Waals surface area contributed by atoms with Gasteiger partial charge in [0.15, 0.2) is 6.29 Å². The van der Waals surface area contributed by atoms with E-state index in [1.807, 2.05) is 6.07 Å². The van der Waals surface area contributed by atoms with Crippen LogP contribution in [0.15, 0.2) is 30.3 Å². The van der Waals surface area contributed by atoms with Crippen LogP contribution in [0.4, 0.5) is 0 Å². The lowest BCUT2D eigenvalue weighted by Gasteiger charge is -2.31. The van der Waals surface area contributed by atoms with Gasteiger partial charge in [-0.3, -0.25) is 0 Å². The average Bonchev–Trinajstić information content (AvgIpc) is 2.30. The van der Waals surface area contributed by atoms with E-state index in [2.05, 4.69) is 38.1 Å². The van der Waals surface area contributed by atoms with Crippen LogP contribution in [0.5, 0.6) is 0 Å². The number of rotatable bonds is 2. The van der Waals surface area contributed by atoms with E-state index in [4.69, 9.17) is 9.47 Å². The summed E-state index contributed by atoms with van der Waals surface area (Å²) in [5.74, 6) is 0.822. The maximum absolute atomic E-state index is 5.68. The molecule has 0 amide bonds. The van der Waals surface area contributed by atoms with Crippen molar-refractivity contribution in [1.82, 2.24) is 0 Å². The molecule has 1 aromatic carbocycles. The molecule has 1 aliphatic heterocycles. The molecule has 0 unspecified atom stereocenters. The smallest absolute Gasteiger partial charge is 0.159 e. The lowest BCUT2D eigenvalue weighted by atomic mass is 10.00. The first-order valence-corrected chi connectivity index (χ1v) is 5.55. The van der Waals surface area contributed by atoms with Gasteiger partial charge < -0.3 is 9.47 Å². The van der Waals surface area contributed by atoms with E-state index in [0.29, 0.717) is 11.8 Å². The zero-order valence-electron chi connectivity index (χ0n) is 9.35. The Hall–Kier alpha value is -0.860. The molecule has 0 N–H and O–H groups in total.